The zero-order valence-electron chi connectivity index (χ0n) is 14.1. The predicted molar refractivity (Wildman–Crippen MR) is 86.0 cm³/mol. The zero-order valence-corrected chi connectivity index (χ0v) is 14.1. The van der Waals surface area contributed by atoms with Crippen molar-refractivity contribution < 1.29 is 4.52 Å². The van der Waals surface area contributed by atoms with Crippen LogP contribution >= 0.6 is 0 Å². The van der Waals surface area contributed by atoms with Gasteiger partial charge in [0.25, 0.3) is 0 Å². The Morgan fingerprint density at radius 1 is 1.29 bits per heavy atom. The smallest absolute Gasteiger partial charge is 0.151 e. The van der Waals surface area contributed by atoms with Gasteiger partial charge in [-0.1, -0.05) is 24.4 Å². The highest BCUT2D eigenvalue weighted by Crippen LogP contribution is 2.24. The molecule has 0 amide bonds. The largest absolute Gasteiger partial charge is 0.360 e. The molecule has 1 heterocycles. The molecule has 1 aromatic heterocycles. The van der Waals surface area contributed by atoms with Gasteiger partial charge in [-0.05, 0) is 46.6 Å². The van der Waals surface area contributed by atoms with E-state index < -0.39 is 0 Å². The van der Waals surface area contributed by atoms with Gasteiger partial charge in [0.15, 0.2) is 5.76 Å². The van der Waals surface area contributed by atoms with Crippen LogP contribution in [-0.4, -0.2) is 29.2 Å². The maximum Gasteiger partial charge on any atom is 0.151 e. The van der Waals surface area contributed by atoms with Crippen molar-refractivity contribution in [3.05, 3.63) is 17.5 Å². The molecule has 0 bridgehead atoms. The molecule has 1 N–H and O–H groups in total. The first-order valence-corrected chi connectivity index (χ1v) is 8.30. The van der Waals surface area contributed by atoms with Crippen LogP contribution in [0.3, 0.4) is 0 Å². The maximum absolute atomic E-state index is 5.46. The van der Waals surface area contributed by atoms with Crippen LogP contribution in [0.25, 0.3) is 0 Å². The van der Waals surface area contributed by atoms with Crippen LogP contribution < -0.4 is 5.32 Å². The Morgan fingerprint density at radius 3 is 2.67 bits per heavy atom. The van der Waals surface area contributed by atoms with Gasteiger partial charge in [-0.2, -0.15) is 0 Å². The monoisotopic (exact) mass is 293 g/mol. The Labute approximate surface area is 129 Å². The van der Waals surface area contributed by atoms with E-state index >= 15 is 0 Å². The lowest BCUT2D eigenvalue weighted by molar-refractivity contribution is 0.208. The molecular weight excluding hydrogens is 262 g/mol. The number of nitrogens with one attached hydrogen (secondary N) is 1. The van der Waals surface area contributed by atoms with Gasteiger partial charge >= 0.3 is 0 Å². The molecule has 0 atom stereocenters. The van der Waals surface area contributed by atoms with E-state index in [0.29, 0.717) is 0 Å². The summed E-state index contributed by atoms with van der Waals surface area (Å²) in [6, 6.07) is 2.08. The summed E-state index contributed by atoms with van der Waals surface area (Å²) in [5.74, 6) is 1.84. The molecule has 4 nitrogen and oxygen atoms in total. The Kier molecular flexibility index (Phi) is 5.82. The summed E-state index contributed by atoms with van der Waals surface area (Å²) in [5, 5.41) is 7.59. The van der Waals surface area contributed by atoms with Gasteiger partial charge in [0.05, 0.1) is 12.2 Å². The summed E-state index contributed by atoms with van der Waals surface area (Å²) in [6.07, 6.45) is 7.02. The molecule has 21 heavy (non-hydrogen) atoms. The van der Waals surface area contributed by atoms with Crippen molar-refractivity contribution >= 4 is 0 Å². The lowest BCUT2D eigenvalue weighted by Gasteiger charge is -2.26. The fourth-order valence-corrected chi connectivity index (χ4v) is 3.01. The van der Waals surface area contributed by atoms with Crippen molar-refractivity contribution in [1.29, 1.82) is 0 Å². The average molecular weight is 293 g/mol. The Balaban J connectivity index is 1.75. The summed E-state index contributed by atoms with van der Waals surface area (Å²) < 4.78 is 5.46. The molecule has 0 unspecified atom stereocenters. The van der Waals surface area contributed by atoms with Crippen molar-refractivity contribution in [3.63, 3.8) is 0 Å². The van der Waals surface area contributed by atoms with Crippen LogP contribution in [0.2, 0.25) is 0 Å². The lowest BCUT2D eigenvalue weighted by Crippen LogP contribution is -2.35. The van der Waals surface area contributed by atoms with Gasteiger partial charge in [0.1, 0.15) is 0 Å². The third-order valence-electron chi connectivity index (χ3n) is 4.13. The average Bonchev–Trinajstić information content (AvgIpc) is 2.84. The molecule has 1 aromatic rings. The summed E-state index contributed by atoms with van der Waals surface area (Å²) in [5.41, 5.74) is 1.10. The summed E-state index contributed by atoms with van der Waals surface area (Å²) in [6.45, 7) is 9.28. The minimum Gasteiger partial charge on any atom is -0.360 e. The molecule has 1 aliphatic carbocycles. The van der Waals surface area contributed by atoms with Crippen LogP contribution in [-0.2, 0) is 13.1 Å². The van der Waals surface area contributed by atoms with Crippen molar-refractivity contribution in [1.82, 2.24) is 15.4 Å². The molecule has 0 radical (unpaired) electrons. The van der Waals surface area contributed by atoms with Crippen LogP contribution in [0.4, 0.5) is 0 Å². The summed E-state index contributed by atoms with van der Waals surface area (Å²) >= 11 is 0. The molecule has 1 aliphatic rings. The first-order valence-electron chi connectivity index (χ1n) is 8.30. The number of nitrogens with zero attached hydrogens (tertiary/aromatic N) is 2. The minimum absolute atomic E-state index is 0.108. The van der Waals surface area contributed by atoms with Crippen LogP contribution in [0, 0.1) is 5.92 Å². The molecule has 120 valence electrons. The highest BCUT2D eigenvalue weighted by Gasteiger charge is 2.17. The summed E-state index contributed by atoms with van der Waals surface area (Å²) in [4.78, 5) is 2.37. The zero-order chi connectivity index (χ0) is 15.3. The van der Waals surface area contributed by atoms with Crippen molar-refractivity contribution in [3.8, 4) is 0 Å². The Hall–Kier alpha value is -0.870. The van der Waals surface area contributed by atoms with Crippen LogP contribution in [0.15, 0.2) is 10.6 Å². The standard InChI is InChI=1S/C17H31N3O/c1-17(2,3)18-11-15-10-16(21-19-15)13-20(4)12-14-8-6-5-7-9-14/h10,14,18H,5-9,11-13H2,1-4H3. The van der Waals surface area contributed by atoms with Gasteiger partial charge in [-0.3, -0.25) is 4.90 Å². The van der Waals surface area contributed by atoms with Crippen LogP contribution in [0.5, 0.6) is 0 Å². The highest BCUT2D eigenvalue weighted by atomic mass is 16.5. The SMILES string of the molecule is CN(Cc1cc(CNC(C)(C)C)no1)CC1CCCCC1. The maximum atomic E-state index is 5.46. The van der Waals surface area contributed by atoms with E-state index in [2.05, 4.69) is 49.3 Å². The van der Waals surface area contributed by atoms with Crippen molar-refractivity contribution in [2.75, 3.05) is 13.6 Å². The van der Waals surface area contributed by atoms with Gasteiger partial charge in [-0.25, -0.2) is 0 Å². The van der Waals surface area contributed by atoms with E-state index in [1.807, 2.05) is 0 Å². The minimum atomic E-state index is 0.108. The predicted octanol–water partition coefficient (Wildman–Crippen LogP) is 3.57. The second-order valence-electron chi connectivity index (χ2n) is 7.59. The molecule has 0 aliphatic heterocycles. The van der Waals surface area contributed by atoms with E-state index in [0.717, 1.165) is 30.5 Å². The van der Waals surface area contributed by atoms with Crippen LogP contribution in [0.1, 0.15) is 64.3 Å². The lowest BCUT2D eigenvalue weighted by atomic mass is 9.89. The molecule has 2 rings (SSSR count). The second kappa shape index (κ2) is 7.41. The topological polar surface area (TPSA) is 41.3 Å². The number of hydrogen-bond donors (Lipinski definition) is 1. The summed E-state index contributed by atoms with van der Waals surface area (Å²) in [7, 11) is 2.18. The molecule has 4 heteroatoms. The van der Waals surface area contributed by atoms with Gasteiger partial charge in [0.2, 0.25) is 0 Å². The quantitative estimate of drug-likeness (QED) is 0.870. The molecule has 0 aromatic carbocycles. The number of rotatable bonds is 6. The van der Waals surface area contributed by atoms with Gasteiger partial charge in [-0.15, -0.1) is 0 Å². The first-order chi connectivity index (χ1) is 9.92. The van der Waals surface area contributed by atoms with Crippen molar-refractivity contribution in [2.24, 2.45) is 5.92 Å². The highest BCUT2D eigenvalue weighted by molar-refractivity contribution is 5.05. The number of hydrogen-bond acceptors (Lipinski definition) is 4. The van der Waals surface area contributed by atoms with E-state index in [9.17, 15) is 0 Å². The fraction of sp³-hybridized carbons (Fsp3) is 0.824. The number of aromatic nitrogens is 1. The molecular formula is C17H31N3O. The molecule has 0 spiro atoms. The van der Waals surface area contributed by atoms with E-state index in [1.165, 1.54) is 38.6 Å². The molecule has 1 saturated carbocycles. The normalized spacial score (nSPS) is 17.6. The fourth-order valence-electron chi connectivity index (χ4n) is 3.01. The third-order valence-corrected chi connectivity index (χ3v) is 4.13. The van der Waals surface area contributed by atoms with Crippen molar-refractivity contribution in [2.45, 2.75) is 71.5 Å². The van der Waals surface area contributed by atoms with Gasteiger partial charge in [0, 0.05) is 24.7 Å². The van der Waals surface area contributed by atoms with E-state index in [-0.39, 0.29) is 5.54 Å². The Morgan fingerprint density at radius 2 is 2.00 bits per heavy atom. The third kappa shape index (κ3) is 6.18. The Bertz CT molecular complexity index is 416. The van der Waals surface area contributed by atoms with E-state index in [4.69, 9.17) is 4.52 Å². The molecule has 0 saturated heterocycles. The van der Waals surface area contributed by atoms with E-state index in [1.54, 1.807) is 0 Å². The van der Waals surface area contributed by atoms with Gasteiger partial charge < -0.3 is 9.84 Å². The molecule has 1 fully saturated rings. The second-order valence-corrected chi connectivity index (χ2v) is 7.59. The first kappa shape index (κ1) is 16.5.